The summed E-state index contributed by atoms with van der Waals surface area (Å²) in [7, 11) is 0. The Morgan fingerprint density at radius 3 is 1.93 bits per heavy atom. The molecule has 0 fully saturated rings. The second kappa shape index (κ2) is 15.1. The highest BCUT2D eigenvalue weighted by molar-refractivity contribution is 4.63. The maximum absolute atomic E-state index is 8.37. The molecule has 0 heterocycles. The van der Waals surface area contributed by atoms with E-state index in [4.69, 9.17) is 19.3 Å². The van der Waals surface area contributed by atoms with Crippen molar-refractivity contribution in [2.24, 2.45) is 0 Å². The average Bonchev–Trinajstić information content (AvgIpc) is 2.16. The molecule has 1 N–H and O–H groups in total. The summed E-state index contributed by atoms with van der Waals surface area (Å²) in [6, 6.07) is 0. The van der Waals surface area contributed by atoms with Gasteiger partial charge in [0.05, 0.1) is 46.2 Å². The SMILES string of the molecule is C.C=CCOCCOCCOCCO. The van der Waals surface area contributed by atoms with Gasteiger partial charge in [0, 0.05) is 0 Å². The largest absolute Gasteiger partial charge is 0.394 e. The number of ether oxygens (including phenoxy) is 3. The molecule has 86 valence electrons. The first-order valence-electron chi connectivity index (χ1n) is 4.36. The topological polar surface area (TPSA) is 47.9 Å². The summed E-state index contributed by atoms with van der Waals surface area (Å²) in [6.07, 6.45) is 1.70. The van der Waals surface area contributed by atoms with Crippen LogP contribution in [0.5, 0.6) is 0 Å². The van der Waals surface area contributed by atoms with Crippen LogP contribution < -0.4 is 0 Å². The smallest absolute Gasteiger partial charge is 0.0704 e. The van der Waals surface area contributed by atoms with E-state index in [-0.39, 0.29) is 14.0 Å². The highest BCUT2D eigenvalue weighted by atomic mass is 16.5. The van der Waals surface area contributed by atoms with Crippen LogP contribution in [-0.2, 0) is 14.2 Å². The quantitative estimate of drug-likeness (QED) is 0.425. The summed E-state index contributed by atoms with van der Waals surface area (Å²) < 4.78 is 15.2. The third kappa shape index (κ3) is 14.1. The van der Waals surface area contributed by atoms with E-state index in [1.807, 2.05) is 0 Å². The highest BCUT2D eigenvalue weighted by Gasteiger charge is 1.89. The highest BCUT2D eigenvalue weighted by Crippen LogP contribution is 1.80. The molecular weight excluding hydrogens is 184 g/mol. The molecule has 0 radical (unpaired) electrons. The monoisotopic (exact) mass is 206 g/mol. The Balaban J connectivity index is 0. The Kier molecular flexibility index (Phi) is 17.3. The maximum Gasteiger partial charge on any atom is 0.0704 e. The van der Waals surface area contributed by atoms with E-state index in [2.05, 4.69) is 6.58 Å². The zero-order chi connectivity index (χ0) is 9.78. The second-order valence-corrected chi connectivity index (χ2v) is 2.31. The van der Waals surface area contributed by atoms with E-state index in [0.717, 1.165) is 0 Å². The number of aliphatic hydroxyl groups excluding tert-OH is 1. The van der Waals surface area contributed by atoms with E-state index >= 15 is 0 Å². The molecule has 0 saturated carbocycles. The van der Waals surface area contributed by atoms with Gasteiger partial charge in [0.15, 0.2) is 0 Å². The van der Waals surface area contributed by atoms with Crippen molar-refractivity contribution in [1.29, 1.82) is 0 Å². The molecule has 0 saturated heterocycles. The van der Waals surface area contributed by atoms with E-state index in [1.54, 1.807) is 6.08 Å². The zero-order valence-corrected chi connectivity index (χ0v) is 7.91. The van der Waals surface area contributed by atoms with Crippen molar-refractivity contribution in [3.8, 4) is 0 Å². The molecule has 0 unspecified atom stereocenters. The number of hydrogen-bond donors (Lipinski definition) is 1. The molecule has 0 aliphatic rings. The van der Waals surface area contributed by atoms with Gasteiger partial charge < -0.3 is 19.3 Å². The Labute approximate surface area is 86.5 Å². The Morgan fingerprint density at radius 2 is 1.43 bits per heavy atom. The summed E-state index contributed by atoms with van der Waals surface area (Å²) >= 11 is 0. The molecular formula is C10H22O4. The van der Waals surface area contributed by atoms with Crippen LogP contribution in [0.15, 0.2) is 12.7 Å². The minimum absolute atomic E-state index is 0. The van der Waals surface area contributed by atoms with Crippen LogP contribution in [0.1, 0.15) is 7.43 Å². The lowest BCUT2D eigenvalue weighted by Crippen LogP contribution is -2.10. The molecule has 0 atom stereocenters. The lowest BCUT2D eigenvalue weighted by atomic mass is 10.6. The molecule has 4 nitrogen and oxygen atoms in total. The van der Waals surface area contributed by atoms with Gasteiger partial charge in [-0.15, -0.1) is 6.58 Å². The molecule has 0 aliphatic carbocycles. The lowest BCUT2D eigenvalue weighted by molar-refractivity contribution is 0.0117. The second-order valence-electron chi connectivity index (χ2n) is 2.31. The van der Waals surface area contributed by atoms with Gasteiger partial charge in [-0.2, -0.15) is 0 Å². The minimum Gasteiger partial charge on any atom is -0.394 e. The van der Waals surface area contributed by atoms with Crippen LogP contribution in [0.4, 0.5) is 0 Å². The molecule has 0 rings (SSSR count). The van der Waals surface area contributed by atoms with Crippen molar-refractivity contribution >= 4 is 0 Å². The van der Waals surface area contributed by atoms with Crippen molar-refractivity contribution < 1.29 is 19.3 Å². The van der Waals surface area contributed by atoms with Crippen LogP contribution in [0.2, 0.25) is 0 Å². The summed E-state index contributed by atoms with van der Waals surface area (Å²) in [4.78, 5) is 0. The molecule has 4 heteroatoms. The Morgan fingerprint density at radius 1 is 0.929 bits per heavy atom. The van der Waals surface area contributed by atoms with Crippen LogP contribution in [0.3, 0.4) is 0 Å². The summed E-state index contributed by atoms with van der Waals surface area (Å²) in [6.45, 7) is 6.70. The molecule has 0 aromatic carbocycles. The number of aliphatic hydroxyl groups is 1. The number of rotatable bonds is 10. The summed E-state index contributed by atoms with van der Waals surface area (Å²) in [5, 5.41) is 8.37. The van der Waals surface area contributed by atoms with Crippen LogP contribution in [0, 0.1) is 0 Å². The lowest BCUT2D eigenvalue weighted by Gasteiger charge is -2.04. The van der Waals surface area contributed by atoms with Crippen molar-refractivity contribution in [3.63, 3.8) is 0 Å². The van der Waals surface area contributed by atoms with Crippen LogP contribution in [0.25, 0.3) is 0 Å². The molecule has 0 spiro atoms. The standard InChI is InChI=1S/C9H18O4.CH4/c1-2-4-11-6-8-13-9-7-12-5-3-10;/h2,10H,1,3-9H2;1H4. The van der Waals surface area contributed by atoms with E-state index in [0.29, 0.717) is 39.6 Å². The van der Waals surface area contributed by atoms with E-state index < -0.39 is 0 Å². The predicted molar refractivity (Wildman–Crippen MR) is 56.5 cm³/mol. The first kappa shape index (κ1) is 16.0. The van der Waals surface area contributed by atoms with Gasteiger partial charge in [0.1, 0.15) is 0 Å². The van der Waals surface area contributed by atoms with Gasteiger partial charge in [-0.3, -0.25) is 0 Å². The number of hydrogen-bond acceptors (Lipinski definition) is 4. The Bertz CT molecular complexity index is 106. The average molecular weight is 206 g/mol. The fourth-order valence-corrected chi connectivity index (χ4v) is 0.671. The van der Waals surface area contributed by atoms with E-state index in [1.165, 1.54) is 0 Å². The fraction of sp³-hybridized carbons (Fsp3) is 0.800. The van der Waals surface area contributed by atoms with Crippen molar-refractivity contribution in [3.05, 3.63) is 12.7 Å². The molecule has 0 aliphatic heterocycles. The molecule has 0 bridgehead atoms. The molecule has 0 aromatic rings. The predicted octanol–water partition coefficient (Wildman–Crippen LogP) is 0.851. The summed E-state index contributed by atoms with van der Waals surface area (Å²) in [5.74, 6) is 0. The van der Waals surface area contributed by atoms with Crippen LogP contribution in [-0.4, -0.2) is 51.4 Å². The molecule has 0 amide bonds. The summed E-state index contributed by atoms with van der Waals surface area (Å²) in [5.41, 5.74) is 0. The third-order valence-corrected chi connectivity index (χ3v) is 1.22. The maximum atomic E-state index is 8.37. The van der Waals surface area contributed by atoms with Gasteiger partial charge in [-0.1, -0.05) is 13.5 Å². The third-order valence-electron chi connectivity index (χ3n) is 1.22. The van der Waals surface area contributed by atoms with Gasteiger partial charge >= 0.3 is 0 Å². The fourth-order valence-electron chi connectivity index (χ4n) is 0.671. The van der Waals surface area contributed by atoms with Crippen LogP contribution >= 0.6 is 0 Å². The first-order chi connectivity index (χ1) is 6.41. The van der Waals surface area contributed by atoms with Crippen molar-refractivity contribution in [2.75, 3.05) is 46.2 Å². The van der Waals surface area contributed by atoms with Gasteiger partial charge in [-0.25, -0.2) is 0 Å². The Hall–Kier alpha value is -0.420. The van der Waals surface area contributed by atoms with Gasteiger partial charge in [-0.05, 0) is 0 Å². The van der Waals surface area contributed by atoms with Gasteiger partial charge in [0.25, 0.3) is 0 Å². The molecule has 14 heavy (non-hydrogen) atoms. The van der Waals surface area contributed by atoms with Crippen molar-refractivity contribution in [1.82, 2.24) is 0 Å². The minimum atomic E-state index is 0. The zero-order valence-electron chi connectivity index (χ0n) is 7.91. The normalized spacial score (nSPS) is 9.50. The first-order valence-corrected chi connectivity index (χ1v) is 4.36. The van der Waals surface area contributed by atoms with Gasteiger partial charge in [0.2, 0.25) is 0 Å². The van der Waals surface area contributed by atoms with E-state index in [9.17, 15) is 0 Å². The molecule has 0 aromatic heterocycles. The van der Waals surface area contributed by atoms with Crippen molar-refractivity contribution in [2.45, 2.75) is 7.43 Å².